The summed E-state index contributed by atoms with van der Waals surface area (Å²) in [6.45, 7) is 7.58. The van der Waals surface area contributed by atoms with E-state index in [0.29, 0.717) is 17.4 Å². The van der Waals surface area contributed by atoms with Gasteiger partial charge in [-0.3, -0.25) is 4.79 Å². The Kier molecular flexibility index (Phi) is 8.45. The molecule has 2 atom stereocenters. The molecule has 104 valence electrons. The third-order valence-corrected chi connectivity index (χ3v) is 2.79. The highest BCUT2D eigenvalue weighted by Gasteiger charge is 2.12. The number of rotatable bonds is 8. The average molecular weight is 321 g/mol. The van der Waals surface area contributed by atoms with Crippen LogP contribution in [0.25, 0.3) is 0 Å². The van der Waals surface area contributed by atoms with Gasteiger partial charge in [-0.15, -0.1) is 0 Å². The Morgan fingerprint density at radius 1 is 1.33 bits per heavy atom. The first-order valence-electron chi connectivity index (χ1n) is 5.93. The zero-order chi connectivity index (χ0) is 14.1. The highest BCUT2D eigenvalue weighted by atomic mass is 79.9. The van der Waals surface area contributed by atoms with Crippen molar-refractivity contribution in [1.29, 1.82) is 0 Å². The van der Waals surface area contributed by atoms with Gasteiger partial charge >= 0.3 is 12.0 Å². The monoisotopic (exact) mass is 320 g/mol. The van der Waals surface area contributed by atoms with E-state index in [-0.39, 0.29) is 18.0 Å². The molecule has 0 aliphatic carbocycles. The number of carbonyl (C=O) groups is 2. The summed E-state index contributed by atoms with van der Waals surface area (Å²) in [7, 11) is 0. The Labute approximate surface area is 116 Å². The van der Waals surface area contributed by atoms with Gasteiger partial charge in [-0.25, -0.2) is 4.79 Å². The molecule has 6 heteroatoms. The molecule has 0 aromatic heterocycles. The van der Waals surface area contributed by atoms with E-state index in [4.69, 9.17) is 5.11 Å². The van der Waals surface area contributed by atoms with Gasteiger partial charge < -0.3 is 15.7 Å². The van der Waals surface area contributed by atoms with Crippen LogP contribution in [0.15, 0.2) is 11.1 Å². The van der Waals surface area contributed by atoms with Crippen LogP contribution in [0.5, 0.6) is 0 Å². The summed E-state index contributed by atoms with van der Waals surface area (Å²) in [5, 5.41) is 14.1. The number of carboxylic acid groups (broad SMARTS) is 1. The summed E-state index contributed by atoms with van der Waals surface area (Å²) in [6, 6.07) is -0.219. The Balaban J connectivity index is 3.70. The van der Waals surface area contributed by atoms with Crippen molar-refractivity contribution in [1.82, 2.24) is 10.6 Å². The van der Waals surface area contributed by atoms with Crippen LogP contribution in [0.1, 0.15) is 33.1 Å². The largest absolute Gasteiger partial charge is 0.481 e. The number of hydrogen-bond donors (Lipinski definition) is 3. The first-order valence-corrected chi connectivity index (χ1v) is 6.72. The summed E-state index contributed by atoms with van der Waals surface area (Å²) >= 11 is 3.15. The first-order chi connectivity index (χ1) is 8.32. The molecule has 0 rings (SSSR count). The maximum absolute atomic E-state index is 11.4. The van der Waals surface area contributed by atoms with Gasteiger partial charge in [-0.05, 0) is 19.8 Å². The second-order valence-electron chi connectivity index (χ2n) is 4.42. The Bertz CT molecular complexity index is 308. The Morgan fingerprint density at radius 2 is 1.94 bits per heavy atom. The van der Waals surface area contributed by atoms with E-state index in [1.165, 1.54) is 0 Å². The predicted octanol–water partition coefficient (Wildman–Crippen LogP) is 2.47. The molecule has 2 amide bonds. The third kappa shape index (κ3) is 9.04. The lowest BCUT2D eigenvalue weighted by atomic mass is 10.0. The number of aliphatic carboxylic acids is 1. The van der Waals surface area contributed by atoms with Crippen LogP contribution in [0.2, 0.25) is 0 Å². The van der Waals surface area contributed by atoms with Crippen LogP contribution in [-0.2, 0) is 4.79 Å². The van der Waals surface area contributed by atoms with Gasteiger partial charge in [-0.2, -0.15) is 0 Å². The van der Waals surface area contributed by atoms with Gasteiger partial charge in [0.2, 0.25) is 0 Å². The van der Waals surface area contributed by atoms with Gasteiger partial charge in [0.1, 0.15) is 0 Å². The van der Waals surface area contributed by atoms with E-state index in [1.54, 1.807) is 6.92 Å². The van der Waals surface area contributed by atoms with Crippen molar-refractivity contribution in [2.45, 2.75) is 39.2 Å². The van der Waals surface area contributed by atoms with Gasteiger partial charge in [0.05, 0.1) is 12.5 Å². The van der Waals surface area contributed by atoms with Crippen molar-refractivity contribution >= 4 is 27.9 Å². The number of carbonyl (C=O) groups excluding carboxylic acids is 1. The fourth-order valence-electron chi connectivity index (χ4n) is 1.38. The summed E-state index contributed by atoms with van der Waals surface area (Å²) in [6.07, 6.45) is 2.17. The molecule has 0 saturated carbocycles. The standard InChI is InChI=1S/C12H21BrN2O3/c1-8(11(16)17)5-4-6-10(3)15-12(18)14-7-9(2)13/h8,10H,2,4-7H2,1,3H3,(H,16,17)(H2,14,15,18). The van der Waals surface area contributed by atoms with Crippen molar-refractivity contribution in [3.63, 3.8) is 0 Å². The van der Waals surface area contributed by atoms with Crippen LogP contribution in [0, 0.1) is 5.92 Å². The fourth-order valence-corrected chi connectivity index (χ4v) is 1.52. The van der Waals surface area contributed by atoms with Crippen LogP contribution in [0.4, 0.5) is 4.79 Å². The van der Waals surface area contributed by atoms with E-state index >= 15 is 0 Å². The molecule has 2 unspecified atom stereocenters. The van der Waals surface area contributed by atoms with Gasteiger partial charge in [0.15, 0.2) is 0 Å². The van der Waals surface area contributed by atoms with Gasteiger partial charge in [0, 0.05) is 10.5 Å². The lowest BCUT2D eigenvalue weighted by Crippen LogP contribution is -2.41. The van der Waals surface area contributed by atoms with E-state index in [1.807, 2.05) is 6.92 Å². The minimum absolute atomic E-state index is 0.0228. The highest BCUT2D eigenvalue weighted by molar-refractivity contribution is 9.11. The quantitative estimate of drug-likeness (QED) is 0.643. The second-order valence-corrected chi connectivity index (χ2v) is 5.54. The normalized spacial score (nSPS) is 13.5. The zero-order valence-corrected chi connectivity index (χ0v) is 12.4. The van der Waals surface area contributed by atoms with E-state index in [2.05, 4.69) is 33.1 Å². The molecular weight excluding hydrogens is 300 g/mol. The molecule has 0 aliphatic heterocycles. The van der Waals surface area contributed by atoms with Crippen LogP contribution in [0.3, 0.4) is 0 Å². The lowest BCUT2D eigenvalue weighted by Gasteiger charge is -2.15. The number of urea groups is 1. The molecule has 0 fully saturated rings. The summed E-state index contributed by atoms with van der Waals surface area (Å²) in [4.78, 5) is 22.0. The lowest BCUT2D eigenvalue weighted by molar-refractivity contribution is -0.141. The molecule has 3 N–H and O–H groups in total. The van der Waals surface area contributed by atoms with Crippen molar-refractivity contribution in [2.24, 2.45) is 5.92 Å². The van der Waals surface area contributed by atoms with E-state index < -0.39 is 5.97 Å². The third-order valence-electron chi connectivity index (χ3n) is 2.51. The highest BCUT2D eigenvalue weighted by Crippen LogP contribution is 2.09. The SMILES string of the molecule is C=C(Br)CNC(=O)NC(C)CCCC(C)C(=O)O. The Morgan fingerprint density at radius 3 is 2.44 bits per heavy atom. The van der Waals surface area contributed by atoms with Crippen molar-refractivity contribution in [3.8, 4) is 0 Å². The maximum Gasteiger partial charge on any atom is 0.315 e. The number of amides is 2. The molecule has 0 bridgehead atoms. The molecule has 0 radical (unpaired) electrons. The molecule has 18 heavy (non-hydrogen) atoms. The van der Waals surface area contributed by atoms with Crippen molar-refractivity contribution in [2.75, 3.05) is 6.54 Å². The number of carboxylic acids is 1. The van der Waals surface area contributed by atoms with Gasteiger partial charge in [-0.1, -0.05) is 35.9 Å². The number of halogens is 1. The van der Waals surface area contributed by atoms with Crippen LogP contribution >= 0.6 is 15.9 Å². The molecular formula is C12H21BrN2O3. The number of nitrogens with one attached hydrogen (secondary N) is 2. The Hall–Kier alpha value is -1.04. The zero-order valence-electron chi connectivity index (χ0n) is 10.8. The second kappa shape index (κ2) is 8.97. The van der Waals surface area contributed by atoms with Crippen molar-refractivity contribution < 1.29 is 14.7 Å². The fraction of sp³-hybridized carbons (Fsp3) is 0.667. The summed E-state index contributed by atoms with van der Waals surface area (Å²) < 4.78 is 0.709. The van der Waals surface area contributed by atoms with E-state index in [0.717, 1.165) is 12.8 Å². The molecule has 0 saturated heterocycles. The van der Waals surface area contributed by atoms with E-state index in [9.17, 15) is 9.59 Å². The number of hydrogen-bond acceptors (Lipinski definition) is 2. The first kappa shape index (κ1) is 17.0. The maximum atomic E-state index is 11.4. The minimum Gasteiger partial charge on any atom is -0.481 e. The van der Waals surface area contributed by atoms with Crippen LogP contribution < -0.4 is 10.6 Å². The topological polar surface area (TPSA) is 78.4 Å². The molecule has 0 aliphatic rings. The molecule has 0 aromatic carbocycles. The molecule has 5 nitrogen and oxygen atoms in total. The van der Waals surface area contributed by atoms with Crippen molar-refractivity contribution in [3.05, 3.63) is 11.1 Å². The molecule has 0 heterocycles. The average Bonchev–Trinajstić information content (AvgIpc) is 2.25. The van der Waals surface area contributed by atoms with Crippen LogP contribution in [-0.4, -0.2) is 29.7 Å². The van der Waals surface area contributed by atoms with Gasteiger partial charge in [0.25, 0.3) is 0 Å². The summed E-state index contributed by atoms with van der Waals surface area (Å²) in [5.41, 5.74) is 0. The smallest absolute Gasteiger partial charge is 0.315 e. The predicted molar refractivity (Wildman–Crippen MR) is 74.7 cm³/mol. The molecule has 0 aromatic rings. The molecule has 0 spiro atoms. The summed E-state index contributed by atoms with van der Waals surface area (Å²) in [5.74, 6) is -1.10. The minimum atomic E-state index is -0.774.